The molecule has 0 spiro atoms. The maximum absolute atomic E-state index is 12.2. The van der Waals surface area contributed by atoms with Crippen molar-refractivity contribution in [2.45, 2.75) is 18.4 Å². The number of ether oxygens (including phenoxy) is 1. The average molecular weight is 280 g/mol. The predicted molar refractivity (Wildman–Crippen MR) is 71.8 cm³/mol. The van der Waals surface area contributed by atoms with Gasteiger partial charge in [-0.25, -0.2) is 0 Å². The van der Waals surface area contributed by atoms with Crippen molar-refractivity contribution < 1.29 is 9.53 Å². The zero-order valence-corrected chi connectivity index (χ0v) is 11.0. The highest BCUT2D eigenvalue weighted by atomic mass is 35.5. The molecule has 0 saturated carbocycles. The van der Waals surface area contributed by atoms with Crippen molar-refractivity contribution >= 4 is 23.2 Å². The molecule has 1 amide bonds. The fourth-order valence-electron chi connectivity index (χ4n) is 1.90. The molecule has 0 bridgehead atoms. The Hall–Kier alpha value is -1.61. The Labute approximate surface area is 116 Å². The van der Waals surface area contributed by atoms with E-state index in [1.807, 2.05) is 6.07 Å². The van der Waals surface area contributed by atoms with Gasteiger partial charge in [-0.1, -0.05) is 11.6 Å². The largest absolute Gasteiger partial charge is 0.381 e. The van der Waals surface area contributed by atoms with E-state index in [0.29, 0.717) is 42.3 Å². The van der Waals surface area contributed by atoms with Gasteiger partial charge in [0.05, 0.1) is 22.3 Å². The maximum Gasteiger partial charge on any atom is 0.244 e. The van der Waals surface area contributed by atoms with Crippen LogP contribution in [0.2, 0.25) is 5.02 Å². The molecule has 3 N–H and O–H groups in total. The second-order valence-corrected chi connectivity index (χ2v) is 4.94. The van der Waals surface area contributed by atoms with Crippen molar-refractivity contribution in [2.75, 3.05) is 18.5 Å². The van der Waals surface area contributed by atoms with Crippen LogP contribution in [0, 0.1) is 11.3 Å². The summed E-state index contributed by atoms with van der Waals surface area (Å²) in [7, 11) is 0. The van der Waals surface area contributed by atoms with E-state index >= 15 is 0 Å². The van der Waals surface area contributed by atoms with Crippen LogP contribution in [0.1, 0.15) is 18.4 Å². The molecule has 1 aromatic rings. The first-order chi connectivity index (χ1) is 9.05. The lowest BCUT2D eigenvalue weighted by Crippen LogP contribution is -2.54. The van der Waals surface area contributed by atoms with Crippen LogP contribution < -0.4 is 11.1 Å². The highest BCUT2D eigenvalue weighted by molar-refractivity contribution is 6.33. The molecule has 6 heteroatoms. The molecular formula is C13H14ClN3O2. The Morgan fingerprint density at radius 2 is 2.16 bits per heavy atom. The summed E-state index contributed by atoms with van der Waals surface area (Å²) in [5.74, 6) is -0.276. The van der Waals surface area contributed by atoms with E-state index in [1.54, 1.807) is 12.1 Å². The number of nitrogens with two attached hydrogens (primary N) is 1. The van der Waals surface area contributed by atoms with E-state index in [1.165, 1.54) is 6.07 Å². The summed E-state index contributed by atoms with van der Waals surface area (Å²) in [4.78, 5) is 12.2. The summed E-state index contributed by atoms with van der Waals surface area (Å²) in [5.41, 5.74) is 6.05. The molecule has 0 unspecified atom stereocenters. The Balaban J connectivity index is 2.13. The maximum atomic E-state index is 12.2. The minimum atomic E-state index is -0.921. The fraction of sp³-hybridized carbons (Fsp3) is 0.385. The van der Waals surface area contributed by atoms with Crippen molar-refractivity contribution in [1.29, 1.82) is 5.26 Å². The molecule has 0 radical (unpaired) electrons. The number of carbonyl (C=O) groups excluding carboxylic acids is 1. The number of benzene rings is 1. The van der Waals surface area contributed by atoms with Crippen LogP contribution in [0.25, 0.3) is 0 Å². The molecule has 0 atom stereocenters. The van der Waals surface area contributed by atoms with Crippen LogP contribution in [-0.4, -0.2) is 24.7 Å². The third kappa shape index (κ3) is 3.04. The van der Waals surface area contributed by atoms with Gasteiger partial charge in [0.2, 0.25) is 5.91 Å². The quantitative estimate of drug-likeness (QED) is 0.862. The summed E-state index contributed by atoms with van der Waals surface area (Å²) < 4.78 is 5.20. The third-order valence-electron chi connectivity index (χ3n) is 3.18. The summed E-state index contributed by atoms with van der Waals surface area (Å²) >= 11 is 6.01. The molecule has 1 fully saturated rings. The molecule has 1 saturated heterocycles. The Morgan fingerprint density at radius 1 is 1.47 bits per heavy atom. The number of nitriles is 1. The first-order valence-corrected chi connectivity index (χ1v) is 6.31. The Morgan fingerprint density at radius 3 is 2.74 bits per heavy atom. The van der Waals surface area contributed by atoms with Crippen LogP contribution in [0.15, 0.2) is 18.2 Å². The summed E-state index contributed by atoms with van der Waals surface area (Å²) in [6.45, 7) is 0.954. The number of carbonyl (C=O) groups is 1. The zero-order valence-electron chi connectivity index (χ0n) is 10.3. The van der Waals surface area contributed by atoms with Gasteiger partial charge in [-0.05, 0) is 31.0 Å². The molecule has 1 heterocycles. The van der Waals surface area contributed by atoms with E-state index in [0.717, 1.165) is 0 Å². The first kappa shape index (κ1) is 13.8. The molecule has 5 nitrogen and oxygen atoms in total. The van der Waals surface area contributed by atoms with Crippen LogP contribution in [-0.2, 0) is 9.53 Å². The van der Waals surface area contributed by atoms with Gasteiger partial charge in [0.15, 0.2) is 0 Å². The van der Waals surface area contributed by atoms with E-state index in [4.69, 9.17) is 27.3 Å². The summed E-state index contributed by atoms with van der Waals surface area (Å²) in [6.07, 6.45) is 0.958. The number of hydrogen-bond acceptors (Lipinski definition) is 4. The van der Waals surface area contributed by atoms with E-state index in [2.05, 4.69) is 5.32 Å². The smallest absolute Gasteiger partial charge is 0.244 e. The number of hydrogen-bond donors (Lipinski definition) is 2. The second kappa shape index (κ2) is 5.57. The molecule has 0 aliphatic carbocycles. The molecule has 1 aromatic carbocycles. The molecule has 2 rings (SSSR count). The molecule has 1 aliphatic heterocycles. The fourth-order valence-corrected chi connectivity index (χ4v) is 2.12. The van der Waals surface area contributed by atoms with Gasteiger partial charge in [0.25, 0.3) is 0 Å². The number of halogens is 1. The van der Waals surface area contributed by atoms with Crippen molar-refractivity contribution in [1.82, 2.24) is 0 Å². The standard InChI is InChI=1S/C13H14ClN3O2/c14-10-7-9(8-15)1-2-11(10)17-12(18)13(16)3-5-19-6-4-13/h1-2,7H,3-6,16H2,(H,17,18). The normalized spacial score (nSPS) is 17.5. The predicted octanol–water partition coefficient (Wildman–Crippen LogP) is 1.66. The molecular weight excluding hydrogens is 266 g/mol. The van der Waals surface area contributed by atoms with Gasteiger partial charge in [-0.2, -0.15) is 5.26 Å². The molecule has 0 aromatic heterocycles. The minimum Gasteiger partial charge on any atom is -0.381 e. The lowest BCUT2D eigenvalue weighted by Gasteiger charge is -2.31. The third-order valence-corrected chi connectivity index (χ3v) is 3.50. The first-order valence-electron chi connectivity index (χ1n) is 5.93. The van der Waals surface area contributed by atoms with Crippen molar-refractivity contribution in [3.8, 4) is 6.07 Å². The molecule has 100 valence electrons. The SMILES string of the molecule is N#Cc1ccc(NC(=O)C2(N)CCOCC2)c(Cl)c1. The zero-order chi connectivity index (χ0) is 13.9. The van der Waals surface area contributed by atoms with Gasteiger partial charge in [-0.15, -0.1) is 0 Å². The van der Waals surface area contributed by atoms with Crippen molar-refractivity contribution in [3.63, 3.8) is 0 Å². The van der Waals surface area contributed by atoms with Gasteiger partial charge in [-0.3, -0.25) is 4.79 Å². The van der Waals surface area contributed by atoms with Gasteiger partial charge >= 0.3 is 0 Å². The highest BCUT2D eigenvalue weighted by Gasteiger charge is 2.36. The topological polar surface area (TPSA) is 88.1 Å². The minimum absolute atomic E-state index is 0.276. The van der Waals surface area contributed by atoms with E-state index in [9.17, 15) is 4.79 Å². The lowest BCUT2D eigenvalue weighted by molar-refractivity contribution is -0.124. The molecule has 1 aliphatic rings. The van der Waals surface area contributed by atoms with Crippen LogP contribution in [0.4, 0.5) is 5.69 Å². The van der Waals surface area contributed by atoms with Gasteiger partial charge in [0.1, 0.15) is 5.54 Å². The Kier molecular flexibility index (Phi) is 4.05. The summed E-state index contributed by atoms with van der Waals surface area (Å²) in [6, 6.07) is 6.68. The van der Waals surface area contributed by atoms with Gasteiger partial charge in [0, 0.05) is 13.2 Å². The monoisotopic (exact) mass is 279 g/mol. The van der Waals surface area contributed by atoms with Gasteiger partial charge < -0.3 is 15.8 Å². The number of nitrogens with zero attached hydrogens (tertiary/aromatic N) is 1. The van der Waals surface area contributed by atoms with E-state index in [-0.39, 0.29) is 5.91 Å². The van der Waals surface area contributed by atoms with Crippen molar-refractivity contribution in [2.24, 2.45) is 5.73 Å². The van der Waals surface area contributed by atoms with Crippen LogP contribution >= 0.6 is 11.6 Å². The highest BCUT2D eigenvalue weighted by Crippen LogP contribution is 2.25. The second-order valence-electron chi connectivity index (χ2n) is 4.53. The number of rotatable bonds is 2. The number of anilines is 1. The lowest BCUT2D eigenvalue weighted by atomic mass is 9.90. The van der Waals surface area contributed by atoms with Crippen LogP contribution in [0.5, 0.6) is 0 Å². The average Bonchev–Trinajstić information content (AvgIpc) is 2.41. The summed E-state index contributed by atoms with van der Waals surface area (Å²) in [5, 5.41) is 11.8. The van der Waals surface area contributed by atoms with Crippen LogP contribution in [0.3, 0.4) is 0 Å². The van der Waals surface area contributed by atoms with E-state index < -0.39 is 5.54 Å². The van der Waals surface area contributed by atoms with Crippen molar-refractivity contribution in [3.05, 3.63) is 28.8 Å². The number of amides is 1. The Bertz CT molecular complexity index is 533. The number of nitrogens with one attached hydrogen (secondary N) is 1. The molecule has 19 heavy (non-hydrogen) atoms.